The van der Waals surface area contributed by atoms with Crippen LogP contribution in [0.15, 0.2) is 84.9 Å². The molecule has 3 heteroatoms. The fraction of sp³-hybridized carbons (Fsp3) is 0.526. The van der Waals surface area contributed by atoms with E-state index in [0.717, 1.165) is 20.1 Å². The molecular weight excluding hydrogens is 504 g/mol. The molecule has 0 heterocycles. The Bertz CT molecular complexity index is 975. The van der Waals surface area contributed by atoms with Gasteiger partial charge in [-0.3, -0.25) is 0 Å². The minimum Gasteiger partial charge on any atom is -0.508 e. The summed E-state index contributed by atoms with van der Waals surface area (Å²) in [4.78, 5) is 0. The Hall–Kier alpha value is -2.62. The molecule has 4 aliphatic rings. The summed E-state index contributed by atoms with van der Waals surface area (Å²) in [6.07, 6.45) is 7.68. The maximum atomic E-state index is 9.90. The van der Waals surface area contributed by atoms with Gasteiger partial charge < -0.3 is 15.3 Å². The van der Waals surface area contributed by atoms with Gasteiger partial charge in [-0.25, -0.2) is 0 Å². The van der Waals surface area contributed by atoms with Gasteiger partial charge in [-0.1, -0.05) is 128 Å². The van der Waals surface area contributed by atoms with E-state index in [1.807, 2.05) is 67.5 Å². The van der Waals surface area contributed by atoms with Crippen molar-refractivity contribution in [1.29, 1.82) is 0 Å². The lowest BCUT2D eigenvalue weighted by Gasteiger charge is -2.67. The molecule has 4 fully saturated rings. The summed E-state index contributed by atoms with van der Waals surface area (Å²) in [5.41, 5.74) is 5.22. The van der Waals surface area contributed by atoms with Crippen LogP contribution < -0.4 is 0 Å². The molecule has 4 bridgehead atoms. The van der Waals surface area contributed by atoms with Crippen LogP contribution in [0.3, 0.4) is 0 Å². The molecule has 3 aromatic carbocycles. The monoisotopic (exact) mass is 564 g/mol. The van der Waals surface area contributed by atoms with E-state index in [4.69, 9.17) is 10.2 Å². The van der Waals surface area contributed by atoms with Crippen LogP contribution >= 0.6 is 0 Å². The second-order valence-corrected chi connectivity index (χ2v) is 10.1. The number of phenols is 1. The van der Waals surface area contributed by atoms with Gasteiger partial charge in [-0.15, -0.1) is 0 Å². The predicted molar refractivity (Wildman–Crippen MR) is 179 cm³/mol. The van der Waals surface area contributed by atoms with Crippen molar-refractivity contribution in [3.63, 3.8) is 0 Å². The number of hydrogen-bond donors (Lipinski definition) is 3. The van der Waals surface area contributed by atoms with Crippen molar-refractivity contribution in [1.82, 2.24) is 0 Å². The van der Waals surface area contributed by atoms with Crippen LogP contribution in [0.1, 0.15) is 111 Å². The molecule has 4 aliphatic carbocycles. The molecule has 2 atom stereocenters. The van der Waals surface area contributed by atoms with Gasteiger partial charge in [-0.05, 0) is 89.5 Å². The highest BCUT2D eigenvalue weighted by molar-refractivity contribution is 5.44. The summed E-state index contributed by atoms with van der Waals surface area (Å²) < 4.78 is 0. The van der Waals surface area contributed by atoms with E-state index in [0.29, 0.717) is 5.75 Å². The van der Waals surface area contributed by atoms with Crippen LogP contribution in [-0.2, 0) is 16.2 Å². The molecule has 7 rings (SSSR count). The maximum absolute atomic E-state index is 9.90. The molecular formula is C38H60O3. The molecule has 41 heavy (non-hydrogen) atoms. The average Bonchev–Trinajstić information content (AvgIpc) is 3.07. The van der Waals surface area contributed by atoms with E-state index in [1.54, 1.807) is 0 Å². The minimum absolute atomic E-state index is 0.207. The molecule has 0 aliphatic heterocycles. The van der Waals surface area contributed by atoms with Crippen molar-refractivity contribution in [2.45, 2.75) is 110 Å². The van der Waals surface area contributed by atoms with Crippen LogP contribution in [0, 0.1) is 5.92 Å². The number of benzene rings is 3. The fourth-order valence-electron chi connectivity index (χ4n) is 7.80. The van der Waals surface area contributed by atoms with Gasteiger partial charge in [-0.2, -0.15) is 0 Å². The normalized spacial score (nSPS) is 25.6. The highest BCUT2D eigenvalue weighted by Gasteiger charge is 2.64. The smallest absolute Gasteiger partial charge is 0.115 e. The number of aliphatic hydroxyl groups is 2. The first-order chi connectivity index (χ1) is 20.1. The predicted octanol–water partition coefficient (Wildman–Crippen LogP) is 9.83. The molecule has 3 N–H and O–H groups in total. The van der Waals surface area contributed by atoms with Crippen molar-refractivity contribution in [2.24, 2.45) is 5.92 Å². The van der Waals surface area contributed by atoms with Gasteiger partial charge in [0.15, 0.2) is 0 Å². The average molecular weight is 565 g/mol. The Morgan fingerprint density at radius 3 is 1.00 bits per heavy atom. The van der Waals surface area contributed by atoms with Crippen molar-refractivity contribution in [2.75, 3.05) is 14.2 Å². The van der Waals surface area contributed by atoms with Crippen molar-refractivity contribution in [3.05, 3.63) is 102 Å². The number of rotatable bonds is 3. The summed E-state index contributed by atoms with van der Waals surface area (Å²) in [5, 5.41) is 23.9. The molecule has 0 radical (unpaired) electrons. The second kappa shape index (κ2) is 19.5. The summed E-state index contributed by atoms with van der Waals surface area (Å²) in [6.45, 7) is 16.0. The van der Waals surface area contributed by atoms with Crippen LogP contribution in [0.2, 0.25) is 0 Å². The molecule has 0 amide bonds. The SMILES string of the molecule is CC.CC.CC.CC.CO.CO.Oc1ccc(C23CC4CC(c5ccccc5)(CC(c5ccccc5)(C4)C2)C3)cc1. The van der Waals surface area contributed by atoms with Gasteiger partial charge in [0, 0.05) is 14.2 Å². The molecule has 4 saturated carbocycles. The van der Waals surface area contributed by atoms with Gasteiger partial charge in [0.05, 0.1) is 0 Å². The molecule has 2 unspecified atom stereocenters. The van der Waals surface area contributed by atoms with E-state index in [1.165, 1.54) is 55.2 Å². The third-order valence-corrected chi connectivity index (χ3v) is 8.32. The quantitative estimate of drug-likeness (QED) is 0.297. The van der Waals surface area contributed by atoms with Crippen LogP contribution in [-0.4, -0.2) is 29.5 Å². The first-order valence-corrected chi connectivity index (χ1v) is 15.9. The Labute approximate surface area is 252 Å². The zero-order chi connectivity index (χ0) is 31.5. The van der Waals surface area contributed by atoms with E-state index in [-0.39, 0.29) is 16.2 Å². The lowest BCUT2D eigenvalue weighted by Crippen LogP contribution is -2.61. The fourth-order valence-corrected chi connectivity index (χ4v) is 7.80. The van der Waals surface area contributed by atoms with Crippen molar-refractivity contribution < 1.29 is 15.3 Å². The Morgan fingerprint density at radius 2 is 0.707 bits per heavy atom. The van der Waals surface area contributed by atoms with Gasteiger partial charge >= 0.3 is 0 Å². The van der Waals surface area contributed by atoms with E-state index in [2.05, 4.69) is 72.8 Å². The topological polar surface area (TPSA) is 60.7 Å². The number of aliphatic hydroxyl groups excluding tert-OH is 2. The first kappa shape index (κ1) is 38.4. The first-order valence-electron chi connectivity index (χ1n) is 15.9. The lowest BCUT2D eigenvalue weighted by atomic mass is 9.36. The number of hydrogen-bond acceptors (Lipinski definition) is 3. The molecule has 0 aromatic heterocycles. The third-order valence-electron chi connectivity index (χ3n) is 8.32. The zero-order valence-corrected chi connectivity index (χ0v) is 27.7. The van der Waals surface area contributed by atoms with E-state index >= 15 is 0 Å². The Balaban J connectivity index is 0.00000119. The lowest BCUT2D eigenvalue weighted by molar-refractivity contribution is -0.0493. The summed E-state index contributed by atoms with van der Waals surface area (Å²) in [7, 11) is 2.00. The summed E-state index contributed by atoms with van der Waals surface area (Å²) in [5.74, 6) is 1.13. The van der Waals surface area contributed by atoms with Gasteiger partial charge in [0.2, 0.25) is 0 Å². The molecule has 3 aromatic rings. The second-order valence-electron chi connectivity index (χ2n) is 10.1. The van der Waals surface area contributed by atoms with E-state index in [9.17, 15) is 5.11 Å². The Morgan fingerprint density at radius 1 is 0.439 bits per heavy atom. The zero-order valence-electron chi connectivity index (χ0n) is 27.7. The third kappa shape index (κ3) is 8.46. The number of phenolic OH excluding ortho intramolecular Hbond substituents is 1. The highest BCUT2D eigenvalue weighted by Crippen LogP contribution is 2.70. The van der Waals surface area contributed by atoms with Gasteiger partial charge in [0.1, 0.15) is 5.75 Å². The summed E-state index contributed by atoms with van der Waals surface area (Å²) in [6, 6.07) is 30.8. The largest absolute Gasteiger partial charge is 0.508 e. The minimum atomic E-state index is 0.207. The Kier molecular flexibility index (Phi) is 18.2. The standard InChI is InChI=1S/C28H28O.4C2H6.2CH4O/c29-25-13-11-24(12-14-25)28-17-21-15-26(19-28,22-7-3-1-4-8-22)18-27(16-21,20-28)23-9-5-2-6-10-23;6*1-2/h1-14,21,29H,15-20H2;4*1-2H3;2*2H,1H3. The molecule has 3 nitrogen and oxygen atoms in total. The van der Waals surface area contributed by atoms with Gasteiger partial charge in [0.25, 0.3) is 0 Å². The number of aromatic hydroxyl groups is 1. The van der Waals surface area contributed by atoms with Crippen LogP contribution in [0.4, 0.5) is 0 Å². The van der Waals surface area contributed by atoms with Crippen LogP contribution in [0.25, 0.3) is 0 Å². The van der Waals surface area contributed by atoms with Crippen molar-refractivity contribution >= 4 is 0 Å². The molecule has 230 valence electrons. The summed E-state index contributed by atoms with van der Waals surface area (Å²) >= 11 is 0. The van der Waals surface area contributed by atoms with E-state index < -0.39 is 0 Å². The molecule has 0 saturated heterocycles. The molecule has 0 spiro atoms. The maximum Gasteiger partial charge on any atom is 0.115 e. The van der Waals surface area contributed by atoms with Crippen LogP contribution in [0.5, 0.6) is 5.75 Å². The highest BCUT2D eigenvalue weighted by atomic mass is 16.3. The van der Waals surface area contributed by atoms with Crippen molar-refractivity contribution in [3.8, 4) is 5.75 Å².